The van der Waals surface area contributed by atoms with Gasteiger partial charge in [-0.1, -0.05) is 18.2 Å². The minimum atomic E-state index is -0.237. The first-order valence-electron chi connectivity index (χ1n) is 7.81. The number of benzene rings is 2. The van der Waals surface area contributed by atoms with E-state index in [1.165, 1.54) is 12.1 Å². The van der Waals surface area contributed by atoms with Gasteiger partial charge in [0.2, 0.25) is 6.79 Å². The summed E-state index contributed by atoms with van der Waals surface area (Å²) < 4.78 is 23.7. The summed E-state index contributed by atoms with van der Waals surface area (Å²) in [5.41, 5.74) is 2.09. The number of nitrogens with one attached hydrogen (secondary N) is 1. The van der Waals surface area contributed by atoms with Crippen molar-refractivity contribution in [3.05, 3.63) is 59.4 Å². The summed E-state index contributed by atoms with van der Waals surface area (Å²) in [6.07, 6.45) is 0. The molecule has 0 aliphatic carbocycles. The Kier molecular flexibility index (Phi) is 5.15. The van der Waals surface area contributed by atoms with Gasteiger partial charge in [0.15, 0.2) is 16.6 Å². The summed E-state index contributed by atoms with van der Waals surface area (Å²) in [5, 5.41) is 3.89. The summed E-state index contributed by atoms with van der Waals surface area (Å²) >= 11 is 5.48. The third-order valence-electron chi connectivity index (χ3n) is 3.84. The molecule has 0 fully saturated rings. The molecule has 2 aromatic rings. The lowest BCUT2D eigenvalue weighted by Gasteiger charge is -2.24. The molecule has 0 aromatic heterocycles. The first-order chi connectivity index (χ1) is 11.7. The van der Waals surface area contributed by atoms with Gasteiger partial charge in [0.25, 0.3) is 0 Å². The van der Waals surface area contributed by atoms with Gasteiger partial charge in [0.05, 0.1) is 0 Å². The summed E-state index contributed by atoms with van der Waals surface area (Å²) in [5.74, 6) is 1.31. The van der Waals surface area contributed by atoms with E-state index in [1.54, 1.807) is 12.1 Å². The van der Waals surface area contributed by atoms with Gasteiger partial charge in [-0.05, 0) is 54.5 Å². The highest BCUT2D eigenvalue weighted by Crippen LogP contribution is 2.32. The van der Waals surface area contributed by atoms with Gasteiger partial charge in [0.1, 0.15) is 5.82 Å². The molecule has 0 amide bonds. The quantitative estimate of drug-likeness (QED) is 0.839. The zero-order valence-corrected chi connectivity index (χ0v) is 14.2. The molecule has 3 rings (SSSR count). The fraction of sp³-hybridized carbons (Fsp3) is 0.278. The van der Waals surface area contributed by atoms with Gasteiger partial charge in [0, 0.05) is 19.6 Å². The Morgan fingerprint density at radius 3 is 2.58 bits per heavy atom. The molecule has 1 aliphatic heterocycles. The normalized spacial score (nSPS) is 12.1. The number of hydrogen-bond acceptors (Lipinski definition) is 3. The molecule has 1 N–H and O–H groups in total. The number of ether oxygens (including phenoxy) is 2. The second-order valence-corrected chi connectivity index (χ2v) is 5.87. The van der Waals surface area contributed by atoms with E-state index in [9.17, 15) is 4.39 Å². The predicted molar refractivity (Wildman–Crippen MR) is 94.5 cm³/mol. The fourth-order valence-electron chi connectivity index (χ4n) is 2.48. The third-order valence-corrected chi connectivity index (χ3v) is 4.24. The SMILES string of the molecule is CCN(Cc1ccc2c(c1)OCO2)C(=S)NCc1ccc(F)cc1. The van der Waals surface area contributed by atoms with Crippen LogP contribution in [0.15, 0.2) is 42.5 Å². The Balaban J connectivity index is 1.58. The van der Waals surface area contributed by atoms with Crippen LogP contribution in [-0.4, -0.2) is 23.4 Å². The summed E-state index contributed by atoms with van der Waals surface area (Å²) in [7, 11) is 0. The Hall–Kier alpha value is -2.34. The predicted octanol–water partition coefficient (Wildman–Crippen LogP) is 3.45. The smallest absolute Gasteiger partial charge is 0.231 e. The lowest BCUT2D eigenvalue weighted by Crippen LogP contribution is -2.38. The maximum absolute atomic E-state index is 12.9. The molecule has 0 spiro atoms. The fourth-order valence-corrected chi connectivity index (χ4v) is 2.74. The van der Waals surface area contributed by atoms with Crippen molar-refractivity contribution in [2.45, 2.75) is 20.0 Å². The van der Waals surface area contributed by atoms with E-state index in [0.29, 0.717) is 18.2 Å². The first-order valence-corrected chi connectivity index (χ1v) is 8.22. The van der Waals surface area contributed by atoms with Crippen LogP contribution in [0.3, 0.4) is 0 Å². The van der Waals surface area contributed by atoms with Crippen molar-refractivity contribution >= 4 is 17.3 Å². The van der Waals surface area contributed by atoms with Gasteiger partial charge in [-0.3, -0.25) is 0 Å². The summed E-state index contributed by atoms with van der Waals surface area (Å²) in [6.45, 7) is 4.36. The molecule has 24 heavy (non-hydrogen) atoms. The Morgan fingerprint density at radius 1 is 1.12 bits per heavy atom. The van der Waals surface area contributed by atoms with E-state index in [0.717, 1.165) is 29.2 Å². The number of halogens is 1. The lowest BCUT2D eigenvalue weighted by molar-refractivity contribution is 0.174. The van der Waals surface area contributed by atoms with E-state index in [2.05, 4.69) is 17.1 Å². The molecule has 6 heteroatoms. The van der Waals surface area contributed by atoms with Crippen LogP contribution < -0.4 is 14.8 Å². The van der Waals surface area contributed by atoms with Crippen molar-refractivity contribution in [1.29, 1.82) is 0 Å². The molecule has 4 nitrogen and oxygen atoms in total. The van der Waals surface area contributed by atoms with Crippen LogP contribution in [0.25, 0.3) is 0 Å². The highest BCUT2D eigenvalue weighted by atomic mass is 32.1. The molecule has 0 atom stereocenters. The molecule has 126 valence electrons. The average Bonchev–Trinajstić information content (AvgIpc) is 3.06. The van der Waals surface area contributed by atoms with Crippen molar-refractivity contribution in [2.24, 2.45) is 0 Å². The second-order valence-electron chi connectivity index (χ2n) is 5.49. The zero-order chi connectivity index (χ0) is 16.9. The molecular weight excluding hydrogens is 327 g/mol. The number of hydrogen-bond donors (Lipinski definition) is 1. The number of nitrogens with zero attached hydrogens (tertiary/aromatic N) is 1. The Labute approximate surface area is 146 Å². The van der Waals surface area contributed by atoms with Crippen LogP contribution in [0.4, 0.5) is 4.39 Å². The molecule has 0 unspecified atom stereocenters. The monoisotopic (exact) mass is 346 g/mol. The van der Waals surface area contributed by atoms with E-state index >= 15 is 0 Å². The zero-order valence-electron chi connectivity index (χ0n) is 13.4. The topological polar surface area (TPSA) is 33.7 Å². The van der Waals surface area contributed by atoms with E-state index in [1.807, 2.05) is 18.2 Å². The number of thiocarbonyl (C=S) groups is 1. The molecule has 0 saturated heterocycles. The van der Waals surface area contributed by atoms with Crippen molar-refractivity contribution in [3.63, 3.8) is 0 Å². The average molecular weight is 346 g/mol. The molecule has 2 aromatic carbocycles. The third kappa shape index (κ3) is 3.94. The van der Waals surface area contributed by atoms with Crippen LogP contribution in [-0.2, 0) is 13.1 Å². The van der Waals surface area contributed by atoms with E-state index in [4.69, 9.17) is 21.7 Å². The summed E-state index contributed by atoms with van der Waals surface area (Å²) in [6, 6.07) is 12.3. The van der Waals surface area contributed by atoms with Crippen molar-refractivity contribution < 1.29 is 13.9 Å². The van der Waals surface area contributed by atoms with Crippen molar-refractivity contribution in [2.75, 3.05) is 13.3 Å². The van der Waals surface area contributed by atoms with Gasteiger partial charge < -0.3 is 19.7 Å². The van der Waals surface area contributed by atoms with Gasteiger partial charge in [-0.25, -0.2) is 4.39 Å². The highest BCUT2D eigenvalue weighted by molar-refractivity contribution is 7.80. The largest absolute Gasteiger partial charge is 0.454 e. The number of fused-ring (bicyclic) bond motifs is 1. The molecular formula is C18H19FN2O2S. The first kappa shape index (κ1) is 16.5. The van der Waals surface area contributed by atoms with Crippen LogP contribution >= 0.6 is 12.2 Å². The van der Waals surface area contributed by atoms with E-state index < -0.39 is 0 Å². The molecule has 0 radical (unpaired) electrons. The molecule has 0 saturated carbocycles. The second kappa shape index (κ2) is 7.49. The standard InChI is InChI=1S/C18H19FN2O2S/c1-2-21(11-14-5-8-16-17(9-14)23-12-22-16)18(24)20-10-13-3-6-15(19)7-4-13/h3-9H,2,10-12H2,1H3,(H,20,24). The lowest BCUT2D eigenvalue weighted by atomic mass is 10.2. The van der Waals surface area contributed by atoms with Crippen molar-refractivity contribution in [3.8, 4) is 11.5 Å². The molecule has 1 aliphatic rings. The van der Waals surface area contributed by atoms with Gasteiger partial charge in [-0.15, -0.1) is 0 Å². The maximum atomic E-state index is 12.9. The maximum Gasteiger partial charge on any atom is 0.231 e. The van der Waals surface area contributed by atoms with Crippen LogP contribution in [0.5, 0.6) is 11.5 Å². The number of rotatable bonds is 5. The van der Waals surface area contributed by atoms with Gasteiger partial charge >= 0.3 is 0 Å². The minimum absolute atomic E-state index is 0.237. The Bertz CT molecular complexity index is 721. The molecule has 0 bridgehead atoms. The van der Waals surface area contributed by atoms with Crippen LogP contribution in [0, 0.1) is 5.82 Å². The summed E-state index contributed by atoms with van der Waals surface area (Å²) in [4.78, 5) is 2.07. The van der Waals surface area contributed by atoms with E-state index in [-0.39, 0.29) is 12.6 Å². The van der Waals surface area contributed by atoms with Crippen LogP contribution in [0.1, 0.15) is 18.1 Å². The highest BCUT2D eigenvalue weighted by Gasteiger charge is 2.15. The van der Waals surface area contributed by atoms with Gasteiger partial charge in [-0.2, -0.15) is 0 Å². The Morgan fingerprint density at radius 2 is 1.83 bits per heavy atom. The van der Waals surface area contributed by atoms with Crippen LogP contribution in [0.2, 0.25) is 0 Å². The molecule has 1 heterocycles. The van der Waals surface area contributed by atoms with Crippen molar-refractivity contribution in [1.82, 2.24) is 10.2 Å². The minimum Gasteiger partial charge on any atom is -0.454 e.